The van der Waals surface area contributed by atoms with Gasteiger partial charge in [-0.05, 0) is 116 Å². The molecule has 0 saturated heterocycles. The maximum Gasteiger partial charge on any atom is 0.159 e. The van der Waals surface area contributed by atoms with E-state index in [-0.39, 0.29) is 0 Å². The first kappa shape index (κ1) is 37.8. The van der Waals surface area contributed by atoms with Gasteiger partial charge in [-0.3, -0.25) is 0 Å². The maximum absolute atomic E-state index is 6.76. The molecule has 0 aliphatic carbocycles. The van der Waals surface area contributed by atoms with Crippen molar-refractivity contribution in [1.82, 2.24) is 0 Å². The van der Waals surface area contributed by atoms with Gasteiger partial charge in [0.05, 0.1) is 11.4 Å². The summed E-state index contributed by atoms with van der Waals surface area (Å²) in [6.45, 7) is 5.05. The first-order valence-corrected chi connectivity index (χ1v) is 25.1. The molecule has 0 saturated carbocycles. The van der Waals surface area contributed by atoms with E-state index in [0.717, 1.165) is 61.6 Å². The number of furan rings is 1. The summed E-state index contributed by atoms with van der Waals surface area (Å²) in [5.74, 6) is 0. The number of nitrogens with zero attached hydrogens (tertiary/aromatic N) is 2. The van der Waals surface area contributed by atoms with Crippen molar-refractivity contribution in [3.8, 4) is 33.4 Å². The lowest BCUT2D eigenvalue weighted by Crippen LogP contribution is -2.56. The second kappa shape index (κ2) is 15.2. The van der Waals surface area contributed by atoms with Gasteiger partial charge in [-0.2, -0.15) is 0 Å². The first-order valence-electron chi connectivity index (χ1n) is 22.1. The van der Waals surface area contributed by atoms with Crippen LogP contribution in [0.25, 0.3) is 66.1 Å². The van der Waals surface area contributed by atoms with Crippen LogP contribution in [0.4, 0.5) is 34.1 Å². The highest BCUT2D eigenvalue weighted by Crippen LogP contribution is 2.47. The lowest BCUT2D eigenvalue weighted by molar-refractivity contribution is 0.669. The smallest absolute Gasteiger partial charge is 0.159 e. The van der Waals surface area contributed by atoms with Crippen molar-refractivity contribution >= 4 is 85.3 Å². The minimum absolute atomic E-state index is 0.879. The summed E-state index contributed by atoms with van der Waals surface area (Å²) in [6, 6.07) is 83.6. The summed E-state index contributed by atoms with van der Waals surface area (Å²) in [5, 5.41) is 7.82. The van der Waals surface area contributed by atoms with Gasteiger partial charge in [-0.15, -0.1) is 0 Å². The Balaban J connectivity index is 1.00. The zero-order valence-corrected chi connectivity index (χ0v) is 36.7. The predicted molar refractivity (Wildman–Crippen MR) is 274 cm³/mol. The summed E-state index contributed by atoms with van der Waals surface area (Å²) < 4.78 is 6.76. The number of hydrogen-bond donors (Lipinski definition) is 0. The topological polar surface area (TPSA) is 19.6 Å². The fourth-order valence-corrected chi connectivity index (χ4v) is 13.3. The number of anilines is 6. The average molecular weight is 837 g/mol. The zero-order chi connectivity index (χ0) is 42.8. The quantitative estimate of drug-likeness (QED) is 0.142. The number of fused-ring (bicyclic) bond motifs is 5. The van der Waals surface area contributed by atoms with E-state index < -0.39 is 8.07 Å². The van der Waals surface area contributed by atoms with Crippen LogP contribution in [0, 0.1) is 0 Å². The lowest BCUT2D eigenvalue weighted by Gasteiger charge is -2.36. The van der Waals surface area contributed by atoms with Crippen LogP contribution in [0.3, 0.4) is 0 Å². The predicted octanol–water partition coefficient (Wildman–Crippen LogP) is 15.8. The zero-order valence-electron chi connectivity index (χ0n) is 35.7. The molecule has 12 rings (SSSR count). The molecule has 0 amide bonds. The van der Waals surface area contributed by atoms with Crippen molar-refractivity contribution in [3.63, 3.8) is 0 Å². The molecule has 1 aromatic heterocycles. The minimum atomic E-state index is -2.28. The number of rotatable bonds is 8. The molecule has 0 N–H and O–H groups in total. The highest BCUT2D eigenvalue weighted by atomic mass is 28.3. The maximum atomic E-state index is 6.76. The molecule has 3 nitrogen and oxygen atoms in total. The highest BCUT2D eigenvalue weighted by molar-refractivity contribution is 7.03. The van der Waals surface area contributed by atoms with Crippen molar-refractivity contribution in [2.24, 2.45) is 0 Å². The SMILES string of the molecule is C[Si]1(C)c2cc(N(c3ccccc3-c3ccccc3)c3cccc4c3oc3ccccc34)ccc2-c2ccc(-c3ccc(N(c4ccccc4)c4ccccc4)cc3)c3cccc1c23. The van der Waals surface area contributed by atoms with Crippen LogP contribution in [0.15, 0.2) is 235 Å². The van der Waals surface area contributed by atoms with Crippen molar-refractivity contribution in [2.75, 3.05) is 9.80 Å². The molecular formula is C60H44N2OSi. The third-order valence-electron chi connectivity index (χ3n) is 13.3. The minimum Gasteiger partial charge on any atom is -0.454 e. The van der Waals surface area contributed by atoms with E-state index in [1.54, 1.807) is 0 Å². The lowest BCUT2D eigenvalue weighted by atomic mass is 9.91. The number of hydrogen-bond acceptors (Lipinski definition) is 3. The third-order valence-corrected chi connectivity index (χ3v) is 16.8. The Morgan fingerprint density at radius 3 is 1.66 bits per heavy atom. The second-order valence-electron chi connectivity index (χ2n) is 17.3. The average Bonchev–Trinajstić information content (AvgIpc) is 3.74. The Morgan fingerprint density at radius 1 is 0.344 bits per heavy atom. The van der Waals surface area contributed by atoms with Crippen LogP contribution in [-0.2, 0) is 0 Å². The molecule has 2 heterocycles. The summed E-state index contributed by atoms with van der Waals surface area (Å²) in [5.41, 5.74) is 15.8. The van der Waals surface area contributed by atoms with Crippen LogP contribution in [0.5, 0.6) is 0 Å². The monoisotopic (exact) mass is 836 g/mol. The molecule has 4 heteroatoms. The summed E-state index contributed by atoms with van der Waals surface area (Å²) >= 11 is 0. The van der Waals surface area contributed by atoms with E-state index in [2.05, 4.69) is 247 Å². The van der Waals surface area contributed by atoms with E-state index in [0.29, 0.717) is 0 Å². The number of benzene rings is 10. The summed E-state index contributed by atoms with van der Waals surface area (Å²) in [7, 11) is -2.28. The summed E-state index contributed by atoms with van der Waals surface area (Å²) in [6.07, 6.45) is 0. The van der Waals surface area contributed by atoms with E-state index in [1.807, 2.05) is 6.07 Å². The molecule has 0 atom stereocenters. The molecule has 1 aliphatic heterocycles. The van der Waals surface area contributed by atoms with Crippen LogP contribution < -0.4 is 20.2 Å². The van der Waals surface area contributed by atoms with E-state index in [4.69, 9.17) is 4.42 Å². The van der Waals surface area contributed by atoms with E-state index >= 15 is 0 Å². The van der Waals surface area contributed by atoms with Crippen molar-refractivity contribution in [3.05, 3.63) is 231 Å². The summed E-state index contributed by atoms with van der Waals surface area (Å²) in [4.78, 5) is 4.75. The standard InChI is InChI=1S/C60H44N2OSi/c1-64(2)57-31-17-26-51-47(42-32-34-45(35-33-42)61(43-20-8-4-9-21-43)44-22-10-5-11-23-44)38-39-52(59(51)57)50-37-36-46(40-58(50)64)62(54-28-14-12-24-48(54)41-18-6-3-7-19-41)55-29-16-27-53-49-25-13-15-30-56(49)63-60(53)55/h3-40H,1-2H3. The largest absolute Gasteiger partial charge is 0.454 e. The van der Waals surface area contributed by atoms with Gasteiger partial charge < -0.3 is 14.2 Å². The van der Waals surface area contributed by atoms with Crippen molar-refractivity contribution in [1.29, 1.82) is 0 Å². The van der Waals surface area contributed by atoms with Gasteiger partial charge in [0.25, 0.3) is 0 Å². The molecule has 0 radical (unpaired) electrons. The van der Waals surface area contributed by atoms with Gasteiger partial charge >= 0.3 is 0 Å². The van der Waals surface area contributed by atoms with E-state index in [1.165, 1.54) is 49.0 Å². The van der Waals surface area contributed by atoms with Gasteiger partial charge in [0, 0.05) is 39.1 Å². The third kappa shape index (κ3) is 6.10. The van der Waals surface area contributed by atoms with Gasteiger partial charge in [0.1, 0.15) is 13.7 Å². The van der Waals surface area contributed by atoms with Gasteiger partial charge in [-0.1, -0.05) is 177 Å². The molecule has 0 fully saturated rings. The normalized spacial score (nSPS) is 12.7. The van der Waals surface area contributed by atoms with Crippen molar-refractivity contribution < 1.29 is 4.42 Å². The van der Waals surface area contributed by atoms with E-state index in [9.17, 15) is 0 Å². The van der Waals surface area contributed by atoms with Crippen LogP contribution in [0.1, 0.15) is 0 Å². The molecule has 1 aliphatic rings. The molecule has 0 bridgehead atoms. The fraction of sp³-hybridized carbons (Fsp3) is 0.0333. The Labute approximate surface area is 374 Å². The number of para-hydroxylation sites is 5. The van der Waals surface area contributed by atoms with Crippen LogP contribution >= 0.6 is 0 Å². The van der Waals surface area contributed by atoms with Gasteiger partial charge in [0.15, 0.2) is 5.58 Å². The molecule has 0 spiro atoms. The molecular weight excluding hydrogens is 793 g/mol. The van der Waals surface area contributed by atoms with Gasteiger partial charge in [-0.25, -0.2) is 0 Å². The van der Waals surface area contributed by atoms with Crippen molar-refractivity contribution in [2.45, 2.75) is 13.1 Å². The molecule has 11 aromatic rings. The Hall–Kier alpha value is -7.92. The van der Waals surface area contributed by atoms with Crippen LogP contribution in [-0.4, -0.2) is 8.07 Å². The Morgan fingerprint density at radius 2 is 0.891 bits per heavy atom. The molecule has 304 valence electrons. The fourth-order valence-electron chi connectivity index (χ4n) is 10.2. The highest BCUT2D eigenvalue weighted by Gasteiger charge is 2.37. The second-order valence-corrected chi connectivity index (χ2v) is 21.6. The Bertz CT molecular complexity index is 3480. The molecule has 10 aromatic carbocycles. The van der Waals surface area contributed by atoms with Crippen LogP contribution in [0.2, 0.25) is 13.1 Å². The first-order chi connectivity index (χ1) is 31.5. The molecule has 0 unspecified atom stereocenters. The van der Waals surface area contributed by atoms with Gasteiger partial charge in [0.2, 0.25) is 0 Å². The Kier molecular flexibility index (Phi) is 8.96. The molecule has 64 heavy (non-hydrogen) atoms.